The van der Waals surface area contributed by atoms with Gasteiger partial charge in [-0.2, -0.15) is 0 Å². The number of aliphatic hydroxyl groups is 1. The molecule has 0 saturated heterocycles. The van der Waals surface area contributed by atoms with Gasteiger partial charge >= 0.3 is 0 Å². The molecule has 4 heteroatoms. The Hall–Kier alpha value is -1.39. The second kappa shape index (κ2) is 4.85. The second-order valence-corrected chi connectivity index (χ2v) is 5.12. The van der Waals surface area contributed by atoms with Crippen molar-refractivity contribution in [1.82, 2.24) is 4.98 Å². The predicted octanol–water partition coefficient (Wildman–Crippen LogP) is 2.60. The molecule has 0 aliphatic rings. The smallest absolute Gasteiger partial charge is 0.118 e. The number of benzene rings is 1. The minimum atomic E-state index is -0.876. The molecular weight excluding hydrogens is 234 g/mol. The summed E-state index contributed by atoms with van der Waals surface area (Å²) in [6.45, 7) is 1.81. The van der Waals surface area contributed by atoms with Crippen LogP contribution in [-0.2, 0) is 12.0 Å². The van der Waals surface area contributed by atoms with Gasteiger partial charge < -0.3 is 9.84 Å². The first-order valence-corrected chi connectivity index (χ1v) is 6.24. The average Bonchev–Trinajstić information content (AvgIpc) is 2.81. The van der Waals surface area contributed by atoms with E-state index in [0.717, 1.165) is 16.2 Å². The van der Waals surface area contributed by atoms with E-state index >= 15 is 0 Å². The lowest BCUT2D eigenvalue weighted by Crippen LogP contribution is -2.23. The van der Waals surface area contributed by atoms with Crippen molar-refractivity contribution in [3.05, 3.63) is 46.4 Å². The fourth-order valence-electron chi connectivity index (χ4n) is 1.72. The first-order valence-electron chi connectivity index (χ1n) is 5.36. The Morgan fingerprint density at radius 2 is 2.06 bits per heavy atom. The Balaban J connectivity index is 2.18. The zero-order valence-corrected chi connectivity index (χ0v) is 10.7. The van der Waals surface area contributed by atoms with E-state index in [1.165, 1.54) is 0 Å². The maximum Gasteiger partial charge on any atom is 0.118 e. The monoisotopic (exact) mass is 249 g/mol. The van der Waals surface area contributed by atoms with Crippen molar-refractivity contribution < 1.29 is 9.84 Å². The minimum absolute atomic E-state index is 0.573. The van der Waals surface area contributed by atoms with Crippen LogP contribution in [0, 0.1) is 0 Å². The molecule has 1 unspecified atom stereocenters. The molecule has 1 atom stereocenters. The highest BCUT2D eigenvalue weighted by atomic mass is 32.1. The molecule has 1 heterocycles. The van der Waals surface area contributed by atoms with E-state index in [9.17, 15) is 5.11 Å². The maximum atomic E-state index is 10.5. The lowest BCUT2D eigenvalue weighted by molar-refractivity contribution is 0.0584. The molecule has 0 spiro atoms. The SMILES string of the molecule is COc1ccc(C(C)(O)Cc2cncs2)cc1. The van der Waals surface area contributed by atoms with Crippen molar-refractivity contribution in [2.24, 2.45) is 0 Å². The molecule has 1 N–H and O–H groups in total. The molecule has 90 valence electrons. The van der Waals surface area contributed by atoms with Crippen molar-refractivity contribution in [1.29, 1.82) is 0 Å². The van der Waals surface area contributed by atoms with Crippen molar-refractivity contribution in [2.45, 2.75) is 18.9 Å². The molecule has 0 radical (unpaired) electrons. The molecule has 2 rings (SSSR count). The van der Waals surface area contributed by atoms with Gasteiger partial charge in [-0.15, -0.1) is 11.3 Å². The third-order valence-corrected chi connectivity index (χ3v) is 3.49. The molecule has 0 bridgehead atoms. The highest BCUT2D eigenvalue weighted by molar-refractivity contribution is 7.09. The Morgan fingerprint density at radius 1 is 1.35 bits per heavy atom. The summed E-state index contributed by atoms with van der Waals surface area (Å²) in [5, 5.41) is 10.5. The van der Waals surface area contributed by atoms with E-state index in [-0.39, 0.29) is 0 Å². The van der Waals surface area contributed by atoms with Crippen LogP contribution >= 0.6 is 11.3 Å². The molecule has 0 aliphatic heterocycles. The Bertz CT molecular complexity index is 463. The van der Waals surface area contributed by atoms with Crippen LogP contribution in [0.2, 0.25) is 0 Å². The summed E-state index contributed by atoms with van der Waals surface area (Å²) in [4.78, 5) is 5.09. The number of thiazole rings is 1. The van der Waals surface area contributed by atoms with Gasteiger partial charge in [0.25, 0.3) is 0 Å². The second-order valence-electron chi connectivity index (χ2n) is 4.15. The van der Waals surface area contributed by atoms with Crippen molar-refractivity contribution in [3.8, 4) is 5.75 Å². The molecule has 2 aromatic rings. The summed E-state index contributed by atoms with van der Waals surface area (Å²) in [5.41, 5.74) is 1.78. The fourth-order valence-corrected chi connectivity index (χ4v) is 2.46. The van der Waals surface area contributed by atoms with Crippen LogP contribution in [0.3, 0.4) is 0 Å². The molecule has 0 fully saturated rings. The Labute approximate surface area is 105 Å². The van der Waals surface area contributed by atoms with Crippen LogP contribution in [0.15, 0.2) is 36.0 Å². The summed E-state index contributed by atoms with van der Waals surface area (Å²) in [6, 6.07) is 7.49. The van der Waals surface area contributed by atoms with Crippen LogP contribution in [0.25, 0.3) is 0 Å². The Morgan fingerprint density at radius 3 is 2.59 bits per heavy atom. The fraction of sp³-hybridized carbons (Fsp3) is 0.308. The van der Waals surface area contributed by atoms with Crippen LogP contribution < -0.4 is 4.74 Å². The van der Waals surface area contributed by atoms with Gasteiger partial charge in [0.15, 0.2) is 0 Å². The maximum absolute atomic E-state index is 10.5. The molecule has 0 saturated carbocycles. The number of methoxy groups -OCH3 is 1. The molecule has 17 heavy (non-hydrogen) atoms. The summed E-state index contributed by atoms with van der Waals surface area (Å²) in [7, 11) is 1.63. The standard InChI is InChI=1S/C13H15NO2S/c1-13(15,7-12-8-14-9-17-12)10-3-5-11(16-2)6-4-10/h3-6,8-9,15H,7H2,1-2H3. The molecular formula is C13H15NO2S. The predicted molar refractivity (Wildman–Crippen MR) is 68.4 cm³/mol. The first-order chi connectivity index (χ1) is 8.12. The zero-order chi connectivity index (χ0) is 12.3. The van der Waals surface area contributed by atoms with E-state index in [2.05, 4.69) is 4.98 Å². The lowest BCUT2D eigenvalue weighted by atomic mass is 9.92. The normalized spacial score (nSPS) is 14.3. The number of ether oxygens (including phenoxy) is 1. The van der Waals surface area contributed by atoms with Crippen molar-refractivity contribution in [2.75, 3.05) is 7.11 Å². The van der Waals surface area contributed by atoms with Gasteiger partial charge in [-0.05, 0) is 24.6 Å². The minimum Gasteiger partial charge on any atom is -0.497 e. The zero-order valence-electron chi connectivity index (χ0n) is 9.88. The first kappa shape index (κ1) is 12.1. The summed E-state index contributed by atoms with van der Waals surface area (Å²) < 4.78 is 5.10. The van der Waals surface area contributed by atoms with Gasteiger partial charge in [-0.3, -0.25) is 4.98 Å². The molecule has 0 aliphatic carbocycles. The van der Waals surface area contributed by atoms with Crippen molar-refractivity contribution in [3.63, 3.8) is 0 Å². The van der Waals surface area contributed by atoms with E-state index in [1.54, 1.807) is 30.2 Å². The van der Waals surface area contributed by atoms with Crippen LogP contribution in [0.5, 0.6) is 5.75 Å². The largest absolute Gasteiger partial charge is 0.497 e. The van der Waals surface area contributed by atoms with Gasteiger partial charge in [0, 0.05) is 17.5 Å². The lowest BCUT2D eigenvalue weighted by Gasteiger charge is -2.23. The van der Waals surface area contributed by atoms with E-state index in [0.29, 0.717) is 6.42 Å². The highest BCUT2D eigenvalue weighted by Crippen LogP contribution is 2.27. The Kier molecular flexibility index (Phi) is 3.45. The molecule has 1 aromatic heterocycles. The quantitative estimate of drug-likeness (QED) is 0.905. The number of hydrogen-bond donors (Lipinski definition) is 1. The summed E-state index contributed by atoms with van der Waals surface area (Å²) in [6.07, 6.45) is 2.37. The third kappa shape index (κ3) is 2.84. The van der Waals surface area contributed by atoms with Gasteiger partial charge in [-0.1, -0.05) is 12.1 Å². The number of hydrogen-bond acceptors (Lipinski definition) is 4. The molecule has 1 aromatic carbocycles. The molecule has 3 nitrogen and oxygen atoms in total. The van der Waals surface area contributed by atoms with Gasteiger partial charge in [0.05, 0.1) is 18.2 Å². The number of rotatable bonds is 4. The van der Waals surface area contributed by atoms with Crippen LogP contribution in [0.1, 0.15) is 17.4 Å². The summed E-state index contributed by atoms with van der Waals surface area (Å²) >= 11 is 1.56. The van der Waals surface area contributed by atoms with Gasteiger partial charge in [0.1, 0.15) is 5.75 Å². The van der Waals surface area contributed by atoms with Crippen molar-refractivity contribution >= 4 is 11.3 Å². The topological polar surface area (TPSA) is 42.4 Å². The third-order valence-electron chi connectivity index (χ3n) is 2.71. The van der Waals surface area contributed by atoms with E-state index in [4.69, 9.17) is 4.74 Å². The average molecular weight is 249 g/mol. The van der Waals surface area contributed by atoms with Gasteiger partial charge in [0.2, 0.25) is 0 Å². The summed E-state index contributed by atoms with van der Waals surface area (Å²) in [5.74, 6) is 0.794. The molecule has 0 amide bonds. The van der Waals surface area contributed by atoms with E-state index < -0.39 is 5.60 Å². The van der Waals surface area contributed by atoms with Gasteiger partial charge in [-0.25, -0.2) is 0 Å². The number of nitrogens with zero attached hydrogens (tertiary/aromatic N) is 1. The van der Waals surface area contributed by atoms with Crippen LogP contribution in [-0.4, -0.2) is 17.2 Å². The van der Waals surface area contributed by atoms with Crippen LogP contribution in [0.4, 0.5) is 0 Å². The highest BCUT2D eigenvalue weighted by Gasteiger charge is 2.24. The van der Waals surface area contributed by atoms with E-state index in [1.807, 2.05) is 31.2 Å². The number of aromatic nitrogens is 1.